The lowest BCUT2D eigenvalue weighted by Crippen LogP contribution is -2.67. The first-order valence-electron chi connectivity index (χ1n) is 19.7. The largest absolute Gasteiger partial charge is 0.481 e. The van der Waals surface area contributed by atoms with Gasteiger partial charge in [0.2, 0.25) is 5.91 Å². The Kier molecular flexibility index (Phi) is 9.74. The van der Waals surface area contributed by atoms with Gasteiger partial charge in [-0.15, -0.1) is 0 Å². The summed E-state index contributed by atoms with van der Waals surface area (Å²) in [6, 6.07) is 7.77. The number of hydrogen-bond acceptors (Lipinski definition) is 6. The number of amides is 1. The van der Waals surface area contributed by atoms with E-state index < -0.39 is 32.7 Å². The Morgan fingerprint density at radius 1 is 0.865 bits per heavy atom. The first-order chi connectivity index (χ1) is 24.0. The average Bonchev–Trinajstić information content (AvgIpc) is 3.44. The predicted octanol–water partition coefficient (Wildman–Crippen LogP) is 8.95. The van der Waals surface area contributed by atoms with Crippen LogP contribution in [0.1, 0.15) is 132 Å². The molecule has 2 N–H and O–H groups in total. The van der Waals surface area contributed by atoms with Crippen molar-refractivity contribution in [2.24, 2.45) is 62.1 Å². The maximum atomic E-state index is 13.5. The fourth-order valence-corrected chi connectivity index (χ4v) is 14.6. The topological polar surface area (TPSA) is 127 Å². The number of hydrogen-bond donors (Lipinski definition) is 2. The molecule has 0 radical (unpaired) electrons. The second-order valence-corrected chi connectivity index (χ2v) is 21.5. The number of benzene rings is 1. The number of nitrogens with one attached hydrogen (secondary N) is 1. The van der Waals surface area contributed by atoms with E-state index in [1.54, 1.807) is 32.0 Å². The molecule has 9 heteroatoms. The summed E-state index contributed by atoms with van der Waals surface area (Å²) in [4.78, 5) is 39.4. The van der Waals surface area contributed by atoms with Gasteiger partial charge in [0.25, 0.3) is 10.0 Å². The Labute approximate surface area is 312 Å². The zero-order valence-corrected chi connectivity index (χ0v) is 33.7. The second-order valence-electron chi connectivity index (χ2n) is 19.8. The molecule has 0 unspecified atom stereocenters. The van der Waals surface area contributed by atoms with Gasteiger partial charge < -0.3 is 9.84 Å². The molecular formula is C43H63NO7S. The Hall–Kier alpha value is -2.68. The van der Waals surface area contributed by atoms with Crippen molar-refractivity contribution in [3.05, 3.63) is 42.5 Å². The van der Waals surface area contributed by atoms with Crippen LogP contribution in [-0.2, 0) is 29.1 Å². The molecule has 6 rings (SSSR count). The van der Waals surface area contributed by atoms with Crippen LogP contribution in [0.5, 0.6) is 0 Å². The molecule has 1 aromatic rings. The third-order valence-corrected chi connectivity index (χ3v) is 17.7. The molecule has 0 spiro atoms. The van der Waals surface area contributed by atoms with Gasteiger partial charge in [-0.2, -0.15) is 0 Å². The van der Waals surface area contributed by atoms with Gasteiger partial charge in [-0.25, -0.2) is 13.1 Å². The molecule has 10 atom stereocenters. The molecule has 5 fully saturated rings. The van der Waals surface area contributed by atoms with E-state index in [9.17, 15) is 27.9 Å². The van der Waals surface area contributed by atoms with Crippen molar-refractivity contribution in [3.8, 4) is 0 Å². The lowest BCUT2D eigenvalue weighted by molar-refractivity contribution is -0.250. The van der Waals surface area contributed by atoms with E-state index in [4.69, 9.17) is 4.74 Å². The van der Waals surface area contributed by atoms with E-state index in [0.29, 0.717) is 17.8 Å². The minimum Gasteiger partial charge on any atom is -0.481 e. The van der Waals surface area contributed by atoms with Gasteiger partial charge in [-0.3, -0.25) is 14.4 Å². The number of fused-ring (bicyclic) bond motifs is 7. The van der Waals surface area contributed by atoms with Crippen molar-refractivity contribution in [3.63, 3.8) is 0 Å². The van der Waals surface area contributed by atoms with E-state index in [1.807, 2.05) is 0 Å². The summed E-state index contributed by atoms with van der Waals surface area (Å²) in [6.45, 7) is 22.2. The van der Waals surface area contributed by atoms with Gasteiger partial charge in [0, 0.05) is 11.8 Å². The number of sulfonamides is 1. The van der Waals surface area contributed by atoms with Crippen LogP contribution in [0, 0.1) is 62.1 Å². The number of carboxylic acids is 1. The number of allylic oxidation sites excluding steroid dienone is 1. The molecule has 288 valence electrons. The summed E-state index contributed by atoms with van der Waals surface area (Å²) in [6.07, 6.45) is 9.11. The Bertz CT molecular complexity index is 1720. The quantitative estimate of drug-likeness (QED) is 0.191. The summed E-state index contributed by atoms with van der Waals surface area (Å²) in [5, 5.41) is 10.7. The maximum Gasteiger partial charge on any atom is 0.309 e. The predicted molar refractivity (Wildman–Crippen MR) is 201 cm³/mol. The molecule has 5 aliphatic carbocycles. The highest BCUT2D eigenvalue weighted by molar-refractivity contribution is 7.90. The van der Waals surface area contributed by atoms with Gasteiger partial charge in [0.1, 0.15) is 6.10 Å². The lowest BCUT2D eigenvalue weighted by atomic mass is 9.32. The number of esters is 1. The van der Waals surface area contributed by atoms with Crippen molar-refractivity contribution in [2.75, 3.05) is 0 Å². The molecule has 0 aliphatic heterocycles. The van der Waals surface area contributed by atoms with Gasteiger partial charge in [0.15, 0.2) is 0 Å². The fraction of sp³-hybridized carbons (Fsp3) is 0.744. The van der Waals surface area contributed by atoms with Gasteiger partial charge >= 0.3 is 11.9 Å². The molecule has 0 saturated heterocycles. The Morgan fingerprint density at radius 2 is 1.54 bits per heavy atom. The lowest BCUT2D eigenvalue weighted by Gasteiger charge is -2.72. The molecule has 0 aromatic heterocycles. The molecule has 0 heterocycles. The molecule has 52 heavy (non-hydrogen) atoms. The van der Waals surface area contributed by atoms with E-state index in [-0.39, 0.29) is 63.3 Å². The van der Waals surface area contributed by atoms with E-state index >= 15 is 0 Å². The second kappa shape index (κ2) is 13.0. The first-order valence-corrected chi connectivity index (χ1v) is 21.2. The normalized spacial score (nSPS) is 39.5. The SMILES string of the molecule is C=C(C)[C@@H]1CC[C@]2(C(=O)O)CC[C@]3(C)[C@H](CC[C@@H]4[C@@]5(C)CC[C@H](OC(=O)CC(C)(C)CC(=O)NS(=O)(=O)c6ccccc6)C(C)(C)[C@@H]5CC[C@]43C)[C@@H]12. The zero-order chi connectivity index (χ0) is 38.3. The standard InChI is InChI=1S/C43H63NO7S/c1-27(2)29-17-22-43(37(47)48)24-23-41(8)30(36(29)43)15-16-32-40(7)20-19-33(39(5,6)31(40)18-21-42(32,41)9)51-35(46)26-38(3,4)25-34(45)44-52(49,50)28-13-11-10-12-14-28/h10-14,29-33,36H,1,15-26H2,2-9H3,(H,44,45)(H,47,48)/t29-,30+,31-,32+,33-,36+,40-,41+,42+,43-/m0/s1. The average molecular weight is 738 g/mol. The smallest absolute Gasteiger partial charge is 0.309 e. The number of aliphatic carboxylic acids is 1. The van der Waals surface area contributed by atoms with Crippen LogP contribution < -0.4 is 4.72 Å². The van der Waals surface area contributed by atoms with Crippen LogP contribution in [0.3, 0.4) is 0 Å². The van der Waals surface area contributed by atoms with Crippen molar-refractivity contribution >= 4 is 27.9 Å². The molecule has 0 bridgehead atoms. The Morgan fingerprint density at radius 3 is 2.17 bits per heavy atom. The van der Waals surface area contributed by atoms with E-state index in [0.717, 1.165) is 69.8 Å². The minimum absolute atomic E-state index is 0.00490. The molecule has 5 saturated carbocycles. The number of rotatable bonds is 9. The highest BCUT2D eigenvalue weighted by Gasteiger charge is 2.72. The van der Waals surface area contributed by atoms with Crippen LogP contribution in [0.2, 0.25) is 0 Å². The van der Waals surface area contributed by atoms with Crippen molar-refractivity contribution in [1.29, 1.82) is 0 Å². The minimum atomic E-state index is -4.00. The molecule has 1 aromatic carbocycles. The van der Waals surface area contributed by atoms with Crippen LogP contribution in [-0.4, -0.2) is 37.5 Å². The highest BCUT2D eigenvalue weighted by atomic mass is 32.2. The van der Waals surface area contributed by atoms with Gasteiger partial charge in [-0.1, -0.05) is 78.8 Å². The molecule has 1 amide bonds. The third-order valence-electron chi connectivity index (χ3n) is 16.3. The first kappa shape index (κ1) is 39.0. The summed E-state index contributed by atoms with van der Waals surface area (Å²) < 4.78 is 33.9. The number of ether oxygens (including phenoxy) is 1. The number of carbonyl (C=O) groups is 3. The van der Waals surface area contributed by atoms with E-state index in [1.165, 1.54) is 12.1 Å². The van der Waals surface area contributed by atoms with Crippen LogP contribution in [0.4, 0.5) is 0 Å². The Balaban J connectivity index is 1.14. The van der Waals surface area contributed by atoms with Crippen molar-refractivity contribution < 1.29 is 32.6 Å². The van der Waals surface area contributed by atoms with Crippen LogP contribution in [0.15, 0.2) is 47.4 Å². The zero-order valence-electron chi connectivity index (χ0n) is 32.8. The summed E-state index contributed by atoms with van der Waals surface area (Å²) in [5.74, 6) is 0.0650. The summed E-state index contributed by atoms with van der Waals surface area (Å²) >= 11 is 0. The van der Waals surface area contributed by atoms with Crippen molar-refractivity contribution in [1.82, 2.24) is 4.72 Å². The van der Waals surface area contributed by atoms with Gasteiger partial charge in [-0.05, 0) is 135 Å². The third kappa shape index (κ3) is 6.07. The fourth-order valence-electron chi connectivity index (χ4n) is 13.6. The molecule has 5 aliphatic rings. The molecule has 8 nitrogen and oxygen atoms in total. The van der Waals surface area contributed by atoms with E-state index in [2.05, 4.69) is 52.8 Å². The highest BCUT2D eigenvalue weighted by Crippen LogP contribution is 2.77. The maximum absolute atomic E-state index is 13.5. The van der Waals surface area contributed by atoms with Gasteiger partial charge in [0.05, 0.1) is 16.7 Å². The molecular weight excluding hydrogens is 675 g/mol. The van der Waals surface area contributed by atoms with Crippen LogP contribution >= 0.6 is 0 Å². The van der Waals surface area contributed by atoms with Crippen molar-refractivity contribution in [2.45, 2.75) is 143 Å². The monoisotopic (exact) mass is 737 g/mol. The summed E-state index contributed by atoms with van der Waals surface area (Å²) in [7, 11) is -4.00. The number of carbonyl (C=O) groups excluding carboxylic acids is 2. The summed E-state index contributed by atoms with van der Waals surface area (Å²) in [5.41, 5.74) is -0.321. The number of carboxylic acid groups (broad SMARTS) is 1. The van der Waals surface area contributed by atoms with Crippen LogP contribution in [0.25, 0.3) is 0 Å².